The number of carboxylic acid groups (broad SMARTS) is 1. The SMILES string of the molecule is C#CC(C)Nc1ncc(C(=O)O)c(C)n1. The summed E-state index contributed by atoms with van der Waals surface area (Å²) >= 11 is 0. The molecule has 0 fully saturated rings. The van der Waals surface area contributed by atoms with Crippen molar-refractivity contribution in [3.05, 3.63) is 17.5 Å². The van der Waals surface area contributed by atoms with Crippen LogP contribution in [0.5, 0.6) is 0 Å². The molecule has 0 aliphatic heterocycles. The van der Waals surface area contributed by atoms with Gasteiger partial charge in [0, 0.05) is 6.20 Å². The topological polar surface area (TPSA) is 75.1 Å². The number of aryl methyl sites for hydroxylation is 1. The van der Waals surface area contributed by atoms with Crippen LogP contribution in [0.4, 0.5) is 5.95 Å². The Bertz CT molecular complexity index is 423. The fraction of sp³-hybridized carbons (Fsp3) is 0.300. The molecule has 15 heavy (non-hydrogen) atoms. The summed E-state index contributed by atoms with van der Waals surface area (Å²) in [6, 6.07) is -0.194. The molecule has 1 rings (SSSR count). The van der Waals surface area contributed by atoms with E-state index in [4.69, 9.17) is 11.5 Å². The molecule has 0 saturated carbocycles. The van der Waals surface area contributed by atoms with Gasteiger partial charge in [0.1, 0.15) is 0 Å². The highest BCUT2D eigenvalue weighted by Gasteiger charge is 2.10. The van der Waals surface area contributed by atoms with Gasteiger partial charge in [0.15, 0.2) is 0 Å². The first kappa shape index (κ1) is 11.0. The number of terminal acetylenes is 1. The van der Waals surface area contributed by atoms with Crippen molar-refractivity contribution in [1.82, 2.24) is 9.97 Å². The second-order valence-corrected chi connectivity index (χ2v) is 3.03. The summed E-state index contributed by atoms with van der Waals surface area (Å²) in [4.78, 5) is 18.5. The third kappa shape index (κ3) is 2.68. The van der Waals surface area contributed by atoms with Crippen molar-refractivity contribution in [3.63, 3.8) is 0 Å². The number of carboxylic acids is 1. The number of hydrogen-bond donors (Lipinski definition) is 2. The van der Waals surface area contributed by atoms with Crippen molar-refractivity contribution < 1.29 is 9.90 Å². The Kier molecular flexibility index (Phi) is 3.24. The highest BCUT2D eigenvalue weighted by molar-refractivity contribution is 5.88. The molecular formula is C10H11N3O2. The van der Waals surface area contributed by atoms with Crippen LogP contribution in [-0.4, -0.2) is 27.1 Å². The van der Waals surface area contributed by atoms with E-state index in [0.717, 1.165) is 0 Å². The van der Waals surface area contributed by atoms with E-state index in [1.54, 1.807) is 13.8 Å². The molecule has 1 aromatic heterocycles. The molecule has 5 nitrogen and oxygen atoms in total. The number of anilines is 1. The first-order chi connectivity index (χ1) is 7.04. The average molecular weight is 205 g/mol. The molecule has 1 heterocycles. The predicted octanol–water partition coefficient (Wildman–Crippen LogP) is 0.917. The Morgan fingerprint density at radius 1 is 1.73 bits per heavy atom. The van der Waals surface area contributed by atoms with Crippen LogP contribution in [0.2, 0.25) is 0 Å². The highest BCUT2D eigenvalue weighted by atomic mass is 16.4. The summed E-state index contributed by atoms with van der Waals surface area (Å²) < 4.78 is 0. The van der Waals surface area contributed by atoms with Gasteiger partial charge in [0.2, 0.25) is 5.95 Å². The van der Waals surface area contributed by atoms with Crippen LogP contribution in [0.25, 0.3) is 0 Å². The maximum absolute atomic E-state index is 10.7. The van der Waals surface area contributed by atoms with Crippen molar-refractivity contribution in [1.29, 1.82) is 0 Å². The van der Waals surface area contributed by atoms with E-state index in [0.29, 0.717) is 11.6 Å². The quantitative estimate of drug-likeness (QED) is 0.717. The normalized spacial score (nSPS) is 11.5. The summed E-state index contributed by atoms with van der Waals surface area (Å²) in [5, 5.41) is 11.6. The second kappa shape index (κ2) is 4.42. The second-order valence-electron chi connectivity index (χ2n) is 3.03. The van der Waals surface area contributed by atoms with Crippen molar-refractivity contribution in [3.8, 4) is 12.3 Å². The fourth-order valence-electron chi connectivity index (χ4n) is 0.982. The molecule has 0 radical (unpaired) electrons. The molecular weight excluding hydrogens is 194 g/mol. The van der Waals surface area contributed by atoms with Gasteiger partial charge in [-0.2, -0.15) is 0 Å². The van der Waals surface area contributed by atoms with E-state index in [-0.39, 0.29) is 11.6 Å². The van der Waals surface area contributed by atoms with Gasteiger partial charge in [-0.05, 0) is 13.8 Å². The van der Waals surface area contributed by atoms with E-state index < -0.39 is 5.97 Å². The Hall–Kier alpha value is -2.09. The molecule has 0 aliphatic carbocycles. The summed E-state index contributed by atoms with van der Waals surface area (Å²) in [6.07, 6.45) is 6.43. The summed E-state index contributed by atoms with van der Waals surface area (Å²) in [6.45, 7) is 3.39. The van der Waals surface area contributed by atoms with Gasteiger partial charge in [-0.15, -0.1) is 6.42 Å². The van der Waals surface area contributed by atoms with Crippen LogP contribution in [0.1, 0.15) is 23.0 Å². The van der Waals surface area contributed by atoms with Gasteiger partial charge in [-0.3, -0.25) is 0 Å². The molecule has 1 unspecified atom stereocenters. The minimum atomic E-state index is -1.04. The number of carbonyl (C=O) groups is 1. The van der Waals surface area contributed by atoms with Crippen LogP contribution in [0.3, 0.4) is 0 Å². The molecule has 1 aromatic rings. The zero-order valence-corrected chi connectivity index (χ0v) is 8.48. The molecule has 2 N–H and O–H groups in total. The molecule has 5 heteroatoms. The molecule has 1 atom stereocenters. The summed E-state index contributed by atoms with van der Waals surface area (Å²) in [5.74, 6) is 1.76. The Balaban J connectivity index is 2.93. The maximum Gasteiger partial charge on any atom is 0.339 e. The first-order valence-corrected chi connectivity index (χ1v) is 4.34. The van der Waals surface area contributed by atoms with Crippen LogP contribution >= 0.6 is 0 Å². The predicted molar refractivity (Wildman–Crippen MR) is 55.6 cm³/mol. The van der Waals surface area contributed by atoms with Crippen molar-refractivity contribution in [2.24, 2.45) is 0 Å². The van der Waals surface area contributed by atoms with E-state index >= 15 is 0 Å². The van der Waals surface area contributed by atoms with Gasteiger partial charge in [-0.25, -0.2) is 14.8 Å². The fourth-order valence-corrected chi connectivity index (χ4v) is 0.982. The van der Waals surface area contributed by atoms with Gasteiger partial charge in [0.25, 0.3) is 0 Å². The lowest BCUT2D eigenvalue weighted by Gasteiger charge is -2.08. The van der Waals surface area contributed by atoms with E-state index in [2.05, 4.69) is 21.2 Å². The number of rotatable bonds is 3. The van der Waals surface area contributed by atoms with Crippen LogP contribution in [0, 0.1) is 19.3 Å². The van der Waals surface area contributed by atoms with E-state index in [9.17, 15) is 4.79 Å². The van der Waals surface area contributed by atoms with E-state index in [1.165, 1.54) is 6.20 Å². The zero-order chi connectivity index (χ0) is 11.4. The third-order valence-corrected chi connectivity index (χ3v) is 1.81. The Morgan fingerprint density at radius 2 is 2.40 bits per heavy atom. The van der Waals surface area contributed by atoms with Gasteiger partial charge in [0.05, 0.1) is 17.3 Å². The zero-order valence-electron chi connectivity index (χ0n) is 8.48. The number of hydrogen-bond acceptors (Lipinski definition) is 4. The Labute approximate surface area is 87.6 Å². The van der Waals surface area contributed by atoms with E-state index in [1.807, 2.05) is 0 Å². The molecule has 0 amide bonds. The standard InChI is InChI=1S/C10H11N3O2/c1-4-6(2)12-10-11-5-8(9(14)15)7(3)13-10/h1,5-6H,2-3H3,(H,14,15)(H,11,12,13). The number of aromatic carboxylic acids is 1. The lowest BCUT2D eigenvalue weighted by atomic mass is 10.2. The summed E-state index contributed by atoms with van der Waals surface area (Å²) in [7, 11) is 0. The third-order valence-electron chi connectivity index (χ3n) is 1.81. The van der Waals surface area contributed by atoms with Gasteiger partial charge >= 0.3 is 5.97 Å². The largest absolute Gasteiger partial charge is 0.478 e. The number of nitrogens with one attached hydrogen (secondary N) is 1. The minimum Gasteiger partial charge on any atom is -0.478 e. The molecule has 0 bridgehead atoms. The molecule has 78 valence electrons. The number of aromatic nitrogens is 2. The van der Waals surface area contributed by atoms with Crippen molar-refractivity contribution in [2.45, 2.75) is 19.9 Å². The van der Waals surface area contributed by atoms with Crippen molar-refractivity contribution >= 4 is 11.9 Å². The molecule has 0 spiro atoms. The molecule has 0 aromatic carbocycles. The lowest BCUT2D eigenvalue weighted by Crippen LogP contribution is -2.15. The molecule has 0 saturated heterocycles. The monoisotopic (exact) mass is 205 g/mol. The smallest absolute Gasteiger partial charge is 0.339 e. The Morgan fingerprint density at radius 3 is 2.87 bits per heavy atom. The van der Waals surface area contributed by atoms with Crippen LogP contribution < -0.4 is 5.32 Å². The lowest BCUT2D eigenvalue weighted by molar-refractivity contribution is 0.0695. The highest BCUT2D eigenvalue weighted by Crippen LogP contribution is 2.07. The number of nitrogens with zero attached hydrogens (tertiary/aromatic N) is 2. The van der Waals surface area contributed by atoms with Crippen LogP contribution in [-0.2, 0) is 0 Å². The first-order valence-electron chi connectivity index (χ1n) is 4.34. The maximum atomic E-state index is 10.7. The van der Waals surface area contributed by atoms with Crippen molar-refractivity contribution in [2.75, 3.05) is 5.32 Å². The molecule has 0 aliphatic rings. The van der Waals surface area contributed by atoms with Crippen LogP contribution in [0.15, 0.2) is 6.20 Å². The average Bonchev–Trinajstić information content (AvgIpc) is 2.17. The minimum absolute atomic E-state index is 0.0916. The van der Waals surface area contributed by atoms with Gasteiger partial charge in [-0.1, -0.05) is 5.92 Å². The van der Waals surface area contributed by atoms with Gasteiger partial charge < -0.3 is 10.4 Å². The summed E-state index contributed by atoms with van der Waals surface area (Å²) in [5.41, 5.74) is 0.498.